The number of hydrogen-bond acceptors (Lipinski definition) is 3. The lowest BCUT2D eigenvalue weighted by Gasteiger charge is -2.08. The van der Waals surface area contributed by atoms with Crippen molar-refractivity contribution in [3.05, 3.63) is 48.8 Å². The quantitative estimate of drug-likeness (QED) is 0.690. The van der Waals surface area contributed by atoms with Crippen molar-refractivity contribution in [1.82, 2.24) is 9.97 Å². The Labute approximate surface area is 121 Å². The van der Waals surface area contributed by atoms with E-state index in [1.54, 1.807) is 43.8 Å². The molecular weight excluding hydrogens is 268 g/mol. The summed E-state index contributed by atoms with van der Waals surface area (Å²) in [7, 11) is 1.60. The van der Waals surface area contributed by atoms with Gasteiger partial charge in [-0.3, -0.25) is 0 Å². The van der Waals surface area contributed by atoms with Crippen LogP contribution in [0.15, 0.2) is 48.8 Å². The van der Waals surface area contributed by atoms with Crippen molar-refractivity contribution in [2.45, 2.75) is 0 Å². The van der Waals surface area contributed by atoms with Gasteiger partial charge in [0.05, 0.1) is 24.5 Å². The van der Waals surface area contributed by atoms with Crippen molar-refractivity contribution < 1.29 is 9.53 Å². The molecule has 21 heavy (non-hydrogen) atoms. The minimum atomic E-state index is -0.306. The van der Waals surface area contributed by atoms with E-state index >= 15 is 0 Å². The van der Waals surface area contributed by atoms with Crippen LogP contribution in [0, 0.1) is 0 Å². The zero-order chi connectivity index (χ0) is 14.7. The number of amides is 2. The number of ether oxygens (including phenoxy) is 1. The van der Waals surface area contributed by atoms with E-state index in [0.717, 1.165) is 16.8 Å². The molecule has 0 atom stereocenters. The number of benzene rings is 2. The number of imidazole rings is 1. The van der Waals surface area contributed by atoms with Crippen LogP contribution in [0.25, 0.3) is 11.0 Å². The molecule has 0 aliphatic carbocycles. The fourth-order valence-corrected chi connectivity index (χ4v) is 1.98. The topological polar surface area (TPSA) is 79.0 Å². The van der Waals surface area contributed by atoms with Gasteiger partial charge in [0, 0.05) is 11.4 Å². The van der Waals surface area contributed by atoms with Crippen molar-refractivity contribution in [3.8, 4) is 5.75 Å². The summed E-state index contributed by atoms with van der Waals surface area (Å²) in [5.41, 5.74) is 3.11. The summed E-state index contributed by atoms with van der Waals surface area (Å²) in [5.74, 6) is 0.741. The number of H-pyrrole nitrogens is 1. The number of carbonyl (C=O) groups is 1. The first-order valence-corrected chi connectivity index (χ1v) is 6.40. The third kappa shape index (κ3) is 2.94. The van der Waals surface area contributed by atoms with Gasteiger partial charge in [-0.15, -0.1) is 0 Å². The van der Waals surface area contributed by atoms with Crippen LogP contribution in [-0.4, -0.2) is 23.1 Å². The van der Waals surface area contributed by atoms with Crippen molar-refractivity contribution in [2.24, 2.45) is 0 Å². The predicted octanol–water partition coefficient (Wildman–Crippen LogP) is 3.22. The summed E-state index contributed by atoms with van der Waals surface area (Å²) in [6, 6.07) is 12.3. The van der Waals surface area contributed by atoms with E-state index in [-0.39, 0.29) is 6.03 Å². The molecule has 0 bridgehead atoms. The molecule has 1 aromatic heterocycles. The van der Waals surface area contributed by atoms with Crippen LogP contribution in [0.2, 0.25) is 0 Å². The lowest BCUT2D eigenvalue weighted by Crippen LogP contribution is -2.19. The van der Waals surface area contributed by atoms with E-state index in [4.69, 9.17) is 4.74 Å². The average Bonchev–Trinajstić information content (AvgIpc) is 2.95. The van der Waals surface area contributed by atoms with Gasteiger partial charge in [0.1, 0.15) is 5.75 Å². The summed E-state index contributed by atoms with van der Waals surface area (Å²) in [4.78, 5) is 19.1. The Morgan fingerprint density at radius 2 is 1.81 bits per heavy atom. The molecule has 2 amide bonds. The molecule has 3 aromatic rings. The molecule has 0 radical (unpaired) electrons. The fourth-order valence-electron chi connectivity index (χ4n) is 1.98. The van der Waals surface area contributed by atoms with Crippen molar-refractivity contribution in [2.75, 3.05) is 17.7 Å². The van der Waals surface area contributed by atoms with E-state index in [1.165, 1.54) is 0 Å². The van der Waals surface area contributed by atoms with Crippen LogP contribution in [0.5, 0.6) is 5.75 Å². The van der Waals surface area contributed by atoms with Crippen LogP contribution >= 0.6 is 0 Å². The Kier molecular flexibility index (Phi) is 3.42. The number of methoxy groups -OCH3 is 1. The Bertz CT molecular complexity index is 765. The predicted molar refractivity (Wildman–Crippen MR) is 81.7 cm³/mol. The molecule has 0 aliphatic rings. The minimum Gasteiger partial charge on any atom is -0.497 e. The van der Waals surface area contributed by atoms with Gasteiger partial charge in [-0.25, -0.2) is 9.78 Å². The first-order chi connectivity index (χ1) is 10.2. The third-order valence-corrected chi connectivity index (χ3v) is 3.03. The highest BCUT2D eigenvalue weighted by Gasteiger charge is 2.04. The molecule has 2 aromatic carbocycles. The van der Waals surface area contributed by atoms with E-state index in [0.29, 0.717) is 11.4 Å². The molecule has 0 fully saturated rings. The Morgan fingerprint density at radius 3 is 2.57 bits per heavy atom. The highest BCUT2D eigenvalue weighted by atomic mass is 16.5. The second-order valence-corrected chi connectivity index (χ2v) is 4.44. The first kappa shape index (κ1) is 13.0. The number of nitrogens with one attached hydrogen (secondary N) is 3. The zero-order valence-electron chi connectivity index (χ0n) is 11.4. The van der Waals surface area contributed by atoms with Crippen molar-refractivity contribution in [3.63, 3.8) is 0 Å². The molecule has 0 aliphatic heterocycles. The van der Waals surface area contributed by atoms with E-state index in [2.05, 4.69) is 20.6 Å². The fraction of sp³-hybridized carbons (Fsp3) is 0.0667. The molecule has 3 N–H and O–H groups in total. The van der Waals surface area contributed by atoms with Gasteiger partial charge in [0.25, 0.3) is 0 Å². The highest BCUT2D eigenvalue weighted by molar-refractivity contribution is 6.00. The smallest absolute Gasteiger partial charge is 0.323 e. The molecule has 6 nitrogen and oxygen atoms in total. The van der Waals surface area contributed by atoms with Gasteiger partial charge >= 0.3 is 6.03 Å². The first-order valence-electron chi connectivity index (χ1n) is 6.40. The van der Waals surface area contributed by atoms with E-state index < -0.39 is 0 Å². The number of anilines is 2. The van der Waals surface area contributed by atoms with Crippen molar-refractivity contribution >= 4 is 28.4 Å². The number of hydrogen-bond donors (Lipinski definition) is 3. The monoisotopic (exact) mass is 282 g/mol. The van der Waals surface area contributed by atoms with Gasteiger partial charge in [-0.1, -0.05) is 0 Å². The van der Waals surface area contributed by atoms with Gasteiger partial charge in [0.15, 0.2) is 0 Å². The van der Waals surface area contributed by atoms with Gasteiger partial charge < -0.3 is 20.4 Å². The second kappa shape index (κ2) is 5.54. The number of aromatic nitrogens is 2. The maximum absolute atomic E-state index is 11.9. The van der Waals surface area contributed by atoms with Crippen LogP contribution < -0.4 is 15.4 Å². The van der Waals surface area contributed by atoms with E-state index in [9.17, 15) is 4.79 Å². The Hall–Kier alpha value is -3.02. The summed E-state index contributed by atoms with van der Waals surface area (Å²) < 4.78 is 5.07. The van der Waals surface area contributed by atoms with Crippen LogP contribution in [0.1, 0.15) is 0 Å². The van der Waals surface area contributed by atoms with Crippen LogP contribution in [0.4, 0.5) is 16.2 Å². The van der Waals surface area contributed by atoms with Gasteiger partial charge in [-0.05, 0) is 42.5 Å². The van der Waals surface area contributed by atoms with Crippen molar-refractivity contribution in [1.29, 1.82) is 0 Å². The Balaban J connectivity index is 1.67. The lowest BCUT2D eigenvalue weighted by molar-refractivity contribution is 0.262. The maximum Gasteiger partial charge on any atom is 0.323 e. The number of carbonyl (C=O) groups excluding carboxylic acids is 1. The molecule has 3 rings (SSSR count). The number of urea groups is 1. The lowest BCUT2D eigenvalue weighted by atomic mass is 10.3. The number of nitrogens with zero attached hydrogens (tertiary/aromatic N) is 1. The summed E-state index contributed by atoms with van der Waals surface area (Å²) in [6.45, 7) is 0. The highest BCUT2D eigenvalue weighted by Crippen LogP contribution is 2.17. The van der Waals surface area contributed by atoms with Crippen LogP contribution in [-0.2, 0) is 0 Å². The average molecular weight is 282 g/mol. The SMILES string of the molecule is COc1ccc(NC(=O)Nc2ccc3nc[nH]c3c2)cc1. The summed E-state index contributed by atoms with van der Waals surface area (Å²) in [5, 5.41) is 5.52. The standard InChI is InChI=1S/C15H14N4O2/c1-21-12-5-2-10(3-6-12)18-15(20)19-11-4-7-13-14(8-11)17-9-16-13/h2-9H,1H3,(H,16,17)(H2,18,19,20). The molecule has 106 valence electrons. The number of aromatic amines is 1. The minimum absolute atomic E-state index is 0.306. The van der Waals surface area contributed by atoms with Gasteiger partial charge in [-0.2, -0.15) is 0 Å². The molecule has 1 heterocycles. The molecule has 0 spiro atoms. The van der Waals surface area contributed by atoms with Crippen LogP contribution in [0.3, 0.4) is 0 Å². The summed E-state index contributed by atoms with van der Waals surface area (Å²) in [6.07, 6.45) is 1.62. The molecular formula is C15H14N4O2. The Morgan fingerprint density at radius 1 is 1.10 bits per heavy atom. The second-order valence-electron chi connectivity index (χ2n) is 4.44. The normalized spacial score (nSPS) is 10.3. The molecule has 6 heteroatoms. The molecule has 0 unspecified atom stereocenters. The van der Waals surface area contributed by atoms with Gasteiger partial charge in [0.2, 0.25) is 0 Å². The molecule has 0 saturated heterocycles. The summed E-state index contributed by atoms with van der Waals surface area (Å²) >= 11 is 0. The number of fused-ring (bicyclic) bond motifs is 1. The maximum atomic E-state index is 11.9. The molecule has 0 saturated carbocycles. The zero-order valence-corrected chi connectivity index (χ0v) is 11.4. The van der Waals surface area contributed by atoms with E-state index in [1.807, 2.05) is 12.1 Å². The third-order valence-electron chi connectivity index (χ3n) is 3.03. The largest absolute Gasteiger partial charge is 0.497 e. The number of rotatable bonds is 3.